The van der Waals surface area contributed by atoms with Gasteiger partial charge in [0.05, 0.1) is 25.4 Å². The summed E-state index contributed by atoms with van der Waals surface area (Å²) in [7, 11) is 0. The van der Waals surface area contributed by atoms with Gasteiger partial charge >= 0.3 is 0 Å². The Hall–Kier alpha value is -0.900. The Morgan fingerprint density at radius 1 is 1.06 bits per heavy atom. The van der Waals surface area contributed by atoms with Crippen LogP contribution in [0.25, 0.3) is 0 Å². The molecule has 1 aromatic carbocycles. The van der Waals surface area contributed by atoms with Crippen molar-refractivity contribution in [3.63, 3.8) is 0 Å². The van der Waals surface area contributed by atoms with E-state index in [-0.39, 0.29) is 18.4 Å². The standard InChI is InChI=1S/C15H24O3/c1-11(2)15(17)12(3)14(16)10-18-9-13-7-5-4-6-8-13/h4-8,11-12,14-17H,9-10H2,1-3H3/t12-,14+,15+/m0/s1. The molecule has 0 fully saturated rings. The molecule has 0 amide bonds. The van der Waals surface area contributed by atoms with Crippen LogP contribution in [-0.2, 0) is 11.3 Å². The topological polar surface area (TPSA) is 49.7 Å². The molecular formula is C15H24O3. The monoisotopic (exact) mass is 252 g/mol. The smallest absolute Gasteiger partial charge is 0.0824 e. The van der Waals surface area contributed by atoms with Crippen molar-refractivity contribution in [1.82, 2.24) is 0 Å². The molecule has 2 N–H and O–H groups in total. The number of rotatable bonds is 7. The molecule has 0 aromatic heterocycles. The van der Waals surface area contributed by atoms with E-state index in [2.05, 4.69) is 0 Å². The van der Waals surface area contributed by atoms with Crippen molar-refractivity contribution in [3.05, 3.63) is 35.9 Å². The summed E-state index contributed by atoms with van der Waals surface area (Å²) in [6.07, 6.45) is -1.13. The van der Waals surface area contributed by atoms with Crippen molar-refractivity contribution in [1.29, 1.82) is 0 Å². The number of hydrogen-bond donors (Lipinski definition) is 2. The van der Waals surface area contributed by atoms with Gasteiger partial charge in [0.15, 0.2) is 0 Å². The number of aliphatic hydroxyl groups is 2. The minimum atomic E-state index is -0.633. The molecule has 0 spiro atoms. The molecule has 102 valence electrons. The highest BCUT2D eigenvalue weighted by molar-refractivity contribution is 5.13. The van der Waals surface area contributed by atoms with E-state index >= 15 is 0 Å². The lowest BCUT2D eigenvalue weighted by atomic mass is 9.91. The van der Waals surface area contributed by atoms with Crippen LogP contribution >= 0.6 is 0 Å². The maximum Gasteiger partial charge on any atom is 0.0824 e. The summed E-state index contributed by atoms with van der Waals surface area (Å²) in [6, 6.07) is 9.84. The largest absolute Gasteiger partial charge is 0.392 e. The van der Waals surface area contributed by atoms with Gasteiger partial charge in [0, 0.05) is 5.92 Å². The normalized spacial score (nSPS) is 16.6. The number of ether oxygens (including phenoxy) is 1. The maximum absolute atomic E-state index is 9.93. The molecule has 3 heteroatoms. The van der Waals surface area contributed by atoms with Gasteiger partial charge in [-0.05, 0) is 11.5 Å². The molecule has 0 aliphatic rings. The number of hydrogen-bond acceptors (Lipinski definition) is 3. The van der Waals surface area contributed by atoms with E-state index in [0.717, 1.165) is 5.56 Å². The van der Waals surface area contributed by atoms with Crippen LogP contribution < -0.4 is 0 Å². The van der Waals surface area contributed by atoms with Gasteiger partial charge in [-0.15, -0.1) is 0 Å². The highest BCUT2D eigenvalue weighted by Crippen LogP contribution is 2.16. The van der Waals surface area contributed by atoms with Gasteiger partial charge in [0.1, 0.15) is 0 Å². The van der Waals surface area contributed by atoms with Gasteiger partial charge in [-0.2, -0.15) is 0 Å². The first kappa shape index (κ1) is 15.2. The Labute approximate surface area is 109 Å². The third-order valence-corrected chi connectivity index (χ3v) is 3.23. The first-order valence-electron chi connectivity index (χ1n) is 6.50. The van der Waals surface area contributed by atoms with Crippen LogP contribution in [0, 0.1) is 11.8 Å². The first-order valence-corrected chi connectivity index (χ1v) is 6.50. The Bertz CT molecular complexity index is 324. The number of aliphatic hydroxyl groups excluding tert-OH is 2. The van der Waals surface area contributed by atoms with E-state index in [4.69, 9.17) is 4.74 Å². The van der Waals surface area contributed by atoms with Crippen molar-refractivity contribution >= 4 is 0 Å². The van der Waals surface area contributed by atoms with E-state index < -0.39 is 12.2 Å². The second-order valence-electron chi connectivity index (χ2n) is 5.16. The highest BCUT2D eigenvalue weighted by atomic mass is 16.5. The minimum absolute atomic E-state index is 0.142. The predicted molar refractivity (Wildman–Crippen MR) is 72.1 cm³/mol. The highest BCUT2D eigenvalue weighted by Gasteiger charge is 2.24. The summed E-state index contributed by atoms with van der Waals surface area (Å²) in [5.74, 6) is -0.0375. The fraction of sp³-hybridized carbons (Fsp3) is 0.600. The Morgan fingerprint density at radius 3 is 2.22 bits per heavy atom. The van der Waals surface area contributed by atoms with Crippen molar-refractivity contribution in [2.75, 3.05) is 6.61 Å². The van der Waals surface area contributed by atoms with E-state index in [9.17, 15) is 10.2 Å². The molecular weight excluding hydrogens is 228 g/mol. The molecule has 0 heterocycles. The third kappa shape index (κ3) is 4.77. The molecule has 0 unspecified atom stereocenters. The third-order valence-electron chi connectivity index (χ3n) is 3.23. The molecule has 3 atom stereocenters. The van der Waals surface area contributed by atoms with E-state index in [1.807, 2.05) is 51.1 Å². The summed E-state index contributed by atoms with van der Waals surface area (Å²) in [5.41, 5.74) is 1.08. The molecule has 1 rings (SSSR count). The fourth-order valence-corrected chi connectivity index (χ4v) is 1.86. The van der Waals surface area contributed by atoms with Crippen molar-refractivity contribution in [2.45, 2.75) is 39.6 Å². The molecule has 1 aromatic rings. The lowest BCUT2D eigenvalue weighted by Gasteiger charge is -2.26. The lowest BCUT2D eigenvalue weighted by molar-refractivity contribution is -0.0473. The number of benzene rings is 1. The zero-order chi connectivity index (χ0) is 13.5. The van der Waals surface area contributed by atoms with Crippen LogP contribution in [0.1, 0.15) is 26.3 Å². The van der Waals surface area contributed by atoms with Gasteiger partial charge in [-0.25, -0.2) is 0 Å². The first-order chi connectivity index (χ1) is 8.52. The van der Waals surface area contributed by atoms with Crippen molar-refractivity contribution in [2.24, 2.45) is 11.8 Å². The summed E-state index contributed by atoms with van der Waals surface area (Å²) in [6.45, 7) is 6.47. The van der Waals surface area contributed by atoms with Crippen LogP contribution in [-0.4, -0.2) is 29.0 Å². The van der Waals surface area contributed by atoms with Gasteiger partial charge < -0.3 is 14.9 Å². The van der Waals surface area contributed by atoms with Gasteiger partial charge in [0.2, 0.25) is 0 Å². The van der Waals surface area contributed by atoms with E-state index in [0.29, 0.717) is 6.61 Å². The Balaban J connectivity index is 2.31. The molecule has 18 heavy (non-hydrogen) atoms. The second-order valence-corrected chi connectivity index (χ2v) is 5.16. The van der Waals surface area contributed by atoms with Gasteiger partial charge in [0.25, 0.3) is 0 Å². The Morgan fingerprint density at radius 2 is 1.67 bits per heavy atom. The SMILES string of the molecule is CC(C)[C@@H](O)[C@@H](C)[C@H](O)COCc1ccccc1. The molecule has 0 aliphatic heterocycles. The molecule has 0 saturated carbocycles. The molecule has 3 nitrogen and oxygen atoms in total. The van der Waals surface area contributed by atoms with Crippen LogP contribution in [0.3, 0.4) is 0 Å². The summed E-state index contributed by atoms with van der Waals surface area (Å²) < 4.78 is 5.47. The van der Waals surface area contributed by atoms with Crippen LogP contribution in [0.4, 0.5) is 0 Å². The summed E-state index contributed by atoms with van der Waals surface area (Å²) in [4.78, 5) is 0. The van der Waals surface area contributed by atoms with Crippen LogP contribution in [0.2, 0.25) is 0 Å². The molecule has 0 aliphatic carbocycles. The average Bonchev–Trinajstić information content (AvgIpc) is 2.38. The van der Waals surface area contributed by atoms with Crippen LogP contribution in [0.15, 0.2) is 30.3 Å². The minimum Gasteiger partial charge on any atom is -0.392 e. The van der Waals surface area contributed by atoms with Gasteiger partial charge in [-0.3, -0.25) is 0 Å². The van der Waals surface area contributed by atoms with E-state index in [1.165, 1.54) is 0 Å². The zero-order valence-corrected chi connectivity index (χ0v) is 11.4. The zero-order valence-electron chi connectivity index (χ0n) is 11.4. The van der Waals surface area contributed by atoms with Crippen molar-refractivity contribution in [3.8, 4) is 0 Å². The van der Waals surface area contributed by atoms with Gasteiger partial charge in [-0.1, -0.05) is 51.1 Å². The fourth-order valence-electron chi connectivity index (χ4n) is 1.86. The Kier molecular flexibility index (Phi) is 6.33. The molecule has 0 radical (unpaired) electrons. The quantitative estimate of drug-likeness (QED) is 0.782. The second kappa shape index (κ2) is 7.52. The lowest BCUT2D eigenvalue weighted by Crippen LogP contribution is -2.35. The van der Waals surface area contributed by atoms with E-state index in [1.54, 1.807) is 0 Å². The summed E-state index contributed by atoms with van der Waals surface area (Å²) in [5, 5.41) is 19.8. The predicted octanol–water partition coefficient (Wildman–Crippen LogP) is 2.22. The summed E-state index contributed by atoms with van der Waals surface area (Å²) >= 11 is 0. The van der Waals surface area contributed by atoms with Crippen LogP contribution in [0.5, 0.6) is 0 Å². The molecule has 0 bridgehead atoms. The molecule has 0 saturated heterocycles. The van der Waals surface area contributed by atoms with Crippen molar-refractivity contribution < 1.29 is 14.9 Å². The maximum atomic E-state index is 9.93. The average molecular weight is 252 g/mol.